The van der Waals surface area contributed by atoms with Gasteiger partial charge in [0.25, 0.3) is 0 Å². The normalized spacial score (nSPS) is 10.8. The Morgan fingerprint density at radius 1 is 0.294 bits per heavy atom. The van der Waals surface area contributed by atoms with Crippen LogP contribution >= 0.6 is 0 Å². The maximum absolute atomic E-state index is 2.24. The van der Waals surface area contributed by atoms with Crippen LogP contribution in [0, 0.1) is 0 Å². The minimum Gasteiger partial charge on any atom is -0.0622 e. The highest BCUT2D eigenvalue weighted by molar-refractivity contribution is 6.04. The Labute approximate surface area is 202 Å². The van der Waals surface area contributed by atoms with Gasteiger partial charge in [-0.1, -0.05) is 158 Å². The van der Waals surface area contributed by atoms with Crippen LogP contribution in [0.3, 0.4) is 0 Å². The van der Waals surface area contributed by atoms with Gasteiger partial charge in [0.2, 0.25) is 0 Å². The van der Waals surface area contributed by atoms with Gasteiger partial charge in [-0.25, -0.2) is 0 Å². The van der Waals surface area contributed by atoms with Crippen LogP contribution in [-0.4, -0.2) is 0 Å². The second-order valence-electron chi connectivity index (χ2n) is 8.21. The first-order chi connectivity index (χ1) is 16.9. The van der Waals surface area contributed by atoms with Crippen LogP contribution in [-0.2, 0) is 0 Å². The number of rotatable bonds is 6. The number of benzene rings is 5. The molecule has 5 aromatic rings. The van der Waals surface area contributed by atoms with Crippen molar-refractivity contribution >= 4 is 23.3 Å². The minimum atomic E-state index is 1.18. The maximum Gasteiger partial charge on any atom is -0.00268 e. The standard InChI is InChI=1S/C34H26/c1-5-13-27(14-6-1)21-22-28-23-25-32(26-24-28)34(31-19-11-4-12-20-31)33(29-15-7-2-8-16-29)30-17-9-3-10-18-30/h1-26H/b22-21+. The molecule has 162 valence electrons. The zero-order valence-electron chi connectivity index (χ0n) is 19.0. The van der Waals surface area contributed by atoms with Gasteiger partial charge in [-0.3, -0.25) is 0 Å². The summed E-state index contributed by atoms with van der Waals surface area (Å²) in [5.41, 5.74) is 9.68. The molecule has 0 N–H and O–H groups in total. The Morgan fingerprint density at radius 2 is 0.588 bits per heavy atom. The maximum atomic E-state index is 2.24. The molecule has 34 heavy (non-hydrogen) atoms. The van der Waals surface area contributed by atoms with Crippen LogP contribution in [0.2, 0.25) is 0 Å². The van der Waals surface area contributed by atoms with E-state index in [9.17, 15) is 0 Å². The molecule has 0 saturated carbocycles. The van der Waals surface area contributed by atoms with Crippen molar-refractivity contribution in [2.75, 3.05) is 0 Å². The quantitative estimate of drug-likeness (QED) is 0.234. The van der Waals surface area contributed by atoms with Crippen LogP contribution in [0.5, 0.6) is 0 Å². The summed E-state index contributed by atoms with van der Waals surface area (Å²) >= 11 is 0. The lowest BCUT2D eigenvalue weighted by Crippen LogP contribution is -1.97. The smallest absolute Gasteiger partial charge is 0.00268 e. The fourth-order valence-corrected chi connectivity index (χ4v) is 4.24. The average Bonchev–Trinajstić information content (AvgIpc) is 2.93. The highest BCUT2D eigenvalue weighted by atomic mass is 14.2. The SMILES string of the molecule is C(=C\c1ccc(C(=C(c2ccccc2)c2ccccc2)c2ccccc2)cc1)/c1ccccc1. The zero-order valence-corrected chi connectivity index (χ0v) is 19.0. The predicted octanol–water partition coefficient (Wildman–Crippen LogP) is 8.86. The molecule has 0 heterocycles. The summed E-state index contributed by atoms with van der Waals surface area (Å²) in [6.07, 6.45) is 4.32. The molecule has 0 heteroatoms. The van der Waals surface area contributed by atoms with Crippen molar-refractivity contribution in [3.8, 4) is 0 Å². The molecule has 0 fully saturated rings. The minimum absolute atomic E-state index is 1.18. The van der Waals surface area contributed by atoms with E-state index < -0.39 is 0 Å². The lowest BCUT2D eigenvalue weighted by Gasteiger charge is -2.18. The van der Waals surface area contributed by atoms with E-state index in [1.54, 1.807) is 0 Å². The van der Waals surface area contributed by atoms with Crippen molar-refractivity contribution in [2.45, 2.75) is 0 Å². The molecule has 0 radical (unpaired) electrons. The zero-order chi connectivity index (χ0) is 23.0. The van der Waals surface area contributed by atoms with E-state index in [-0.39, 0.29) is 0 Å². The van der Waals surface area contributed by atoms with Crippen molar-refractivity contribution in [1.29, 1.82) is 0 Å². The second-order valence-corrected chi connectivity index (χ2v) is 8.21. The lowest BCUT2D eigenvalue weighted by atomic mass is 9.85. The van der Waals surface area contributed by atoms with E-state index in [0.717, 1.165) is 0 Å². The second kappa shape index (κ2) is 10.5. The molecule has 0 amide bonds. The summed E-state index contributed by atoms with van der Waals surface area (Å²) in [6.45, 7) is 0. The fourth-order valence-electron chi connectivity index (χ4n) is 4.24. The Bertz CT molecular complexity index is 1340. The molecule has 0 saturated heterocycles. The third kappa shape index (κ3) is 4.98. The van der Waals surface area contributed by atoms with Gasteiger partial charge in [0.05, 0.1) is 0 Å². The Balaban J connectivity index is 1.66. The van der Waals surface area contributed by atoms with Gasteiger partial charge in [0.1, 0.15) is 0 Å². The monoisotopic (exact) mass is 434 g/mol. The highest BCUT2D eigenvalue weighted by Gasteiger charge is 2.15. The molecule has 0 atom stereocenters. The van der Waals surface area contributed by atoms with Gasteiger partial charge in [-0.05, 0) is 44.5 Å². The molecule has 0 aliphatic heterocycles. The first kappa shape index (κ1) is 21.4. The van der Waals surface area contributed by atoms with E-state index in [0.29, 0.717) is 0 Å². The van der Waals surface area contributed by atoms with Crippen LogP contribution in [0.25, 0.3) is 23.3 Å². The van der Waals surface area contributed by atoms with Crippen molar-refractivity contribution in [2.24, 2.45) is 0 Å². The average molecular weight is 435 g/mol. The fraction of sp³-hybridized carbons (Fsp3) is 0. The molecule has 0 aliphatic carbocycles. The van der Waals surface area contributed by atoms with E-state index in [4.69, 9.17) is 0 Å². The molecule has 5 aromatic carbocycles. The first-order valence-electron chi connectivity index (χ1n) is 11.6. The van der Waals surface area contributed by atoms with Crippen molar-refractivity contribution < 1.29 is 0 Å². The van der Waals surface area contributed by atoms with Crippen molar-refractivity contribution in [1.82, 2.24) is 0 Å². The summed E-state index contributed by atoms with van der Waals surface area (Å²) in [5, 5.41) is 0. The third-order valence-corrected chi connectivity index (χ3v) is 5.90. The van der Waals surface area contributed by atoms with Crippen LogP contribution < -0.4 is 0 Å². The highest BCUT2D eigenvalue weighted by Crippen LogP contribution is 2.36. The topological polar surface area (TPSA) is 0 Å². The van der Waals surface area contributed by atoms with Crippen LogP contribution in [0.4, 0.5) is 0 Å². The van der Waals surface area contributed by atoms with Crippen LogP contribution in [0.15, 0.2) is 146 Å². The molecule has 0 spiro atoms. The van der Waals surface area contributed by atoms with Gasteiger partial charge in [0, 0.05) is 0 Å². The summed E-state index contributed by atoms with van der Waals surface area (Å²) in [7, 11) is 0. The third-order valence-electron chi connectivity index (χ3n) is 5.90. The first-order valence-corrected chi connectivity index (χ1v) is 11.6. The predicted molar refractivity (Wildman–Crippen MR) is 146 cm³/mol. The molecule has 0 aromatic heterocycles. The van der Waals surface area contributed by atoms with E-state index >= 15 is 0 Å². The van der Waals surface area contributed by atoms with Gasteiger partial charge in [-0.15, -0.1) is 0 Å². The summed E-state index contributed by atoms with van der Waals surface area (Å²) < 4.78 is 0. The van der Waals surface area contributed by atoms with Gasteiger partial charge >= 0.3 is 0 Å². The van der Waals surface area contributed by atoms with E-state index in [1.807, 2.05) is 6.07 Å². The van der Waals surface area contributed by atoms with Crippen molar-refractivity contribution in [3.63, 3.8) is 0 Å². The largest absolute Gasteiger partial charge is 0.0622 e. The molecular formula is C34H26. The lowest BCUT2D eigenvalue weighted by molar-refractivity contribution is 1.50. The molecule has 0 aliphatic rings. The molecule has 0 unspecified atom stereocenters. The van der Waals surface area contributed by atoms with Gasteiger partial charge in [-0.2, -0.15) is 0 Å². The summed E-state index contributed by atoms with van der Waals surface area (Å²) in [4.78, 5) is 0. The molecule has 0 bridgehead atoms. The number of hydrogen-bond donors (Lipinski definition) is 0. The Hall–Kier alpha value is -4.42. The number of hydrogen-bond acceptors (Lipinski definition) is 0. The Kier molecular flexibility index (Phi) is 6.59. The summed E-state index contributed by atoms with van der Waals surface area (Å²) in [6, 6.07) is 51.3. The van der Waals surface area contributed by atoms with E-state index in [1.165, 1.54) is 44.5 Å². The van der Waals surface area contributed by atoms with Crippen LogP contribution in [0.1, 0.15) is 33.4 Å². The molecule has 0 nitrogen and oxygen atoms in total. The molecule has 5 rings (SSSR count). The van der Waals surface area contributed by atoms with E-state index in [2.05, 4.69) is 152 Å². The van der Waals surface area contributed by atoms with Gasteiger partial charge < -0.3 is 0 Å². The molecular weight excluding hydrogens is 408 g/mol. The van der Waals surface area contributed by atoms with Crippen molar-refractivity contribution in [3.05, 3.63) is 179 Å². The van der Waals surface area contributed by atoms with Gasteiger partial charge in [0.15, 0.2) is 0 Å². The Morgan fingerprint density at radius 3 is 0.971 bits per heavy atom. The summed E-state index contributed by atoms with van der Waals surface area (Å²) in [5.74, 6) is 0.